The second-order valence-corrected chi connectivity index (χ2v) is 5.83. The lowest BCUT2D eigenvalue weighted by Crippen LogP contribution is -2.05. The van der Waals surface area contributed by atoms with Crippen LogP contribution in [0, 0.1) is 5.82 Å². The van der Waals surface area contributed by atoms with Crippen LogP contribution >= 0.6 is 0 Å². The molecule has 0 N–H and O–H groups in total. The van der Waals surface area contributed by atoms with Gasteiger partial charge in [0.25, 0.3) is 0 Å². The number of ether oxygens (including phenoxy) is 2. The highest BCUT2D eigenvalue weighted by molar-refractivity contribution is 5.89. The first-order chi connectivity index (χ1) is 13.6. The van der Waals surface area contributed by atoms with Gasteiger partial charge in [-0.3, -0.25) is 4.98 Å². The van der Waals surface area contributed by atoms with Crippen molar-refractivity contribution in [2.24, 2.45) is 0 Å². The van der Waals surface area contributed by atoms with Crippen LogP contribution in [0.5, 0.6) is 11.5 Å². The van der Waals surface area contributed by atoms with Crippen LogP contribution in [0.4, 0.5) is 4.39 Å². The summed E-state index contributed by atoms with van der Waals surface area (Å²) in [5.74, 6) is -0.122. The predicted molar refractivity (Wildman–Crippen MR) is 107 cm³/mol. The van der Waals surface area contributed by atoms with Gasteiger partial charge in [-0.1, -0.05) is 30.4 Å². The molecule has 28 heavy (non-hydrogen) atoms. The summed E-state index contributed by atoms with van der Waals surface area (Å²) in [5.41, 5.74) is 2.62. The zero-order valence-electron chi connectivity index (χ0n) is 15.2. The lowest BCUT2D eigenvalue weighted by Gasteiger charge is -2.08. The Morgan fingerprint density at radius 3 is 2.21 bits per heavy atom. The topological polar surface area (TPSA) is 48.4 Å². The Morgan fingerprint density at radius 1 is 0.857 bits per heavy atom. The smallest absolute Gasteiger partial charge is 0.336 e. The van der Waals surface area contributed by atoms with E-state index in [0.717, 1.165) is 11.1 Å². The minimum atomic E-state index is -0.553. The number of benzene rings is 2. The maximum Gasteiger partial charge on any atom is 0.336 e. The molecule has 0 spiro atoms. The Hall–Kier alpha value is -3.73. The van der Waals surface area contributed by atoms with Crippen molar-refractivity contribution in [2.45, 2.75) is 0 Å². The molecular formula is C23H18FNO3. The SMILES string of the molecule is COc1cc(/C=C/c2ccncc2)ccc1OC(=O)/C=C/c1ccc(F)cc1. The Balaban J connectivity index is 1.69. The number of carbonyl (C=O) groups is 1. The maximum absolute atomic E-state index is 12.9. The summed E-state index contributed by atoms with van der Waals surface area (Å²) in [6.07, 6.45) is 10.2. The molecule has 5 heteroatoms. The first kappa shape index (κ1) is 19.0. The lowest BCUT2D eigenvalue weighted by atomic mass is 10.1. The molecule has 0 aliphatic heterocycles. The number of aromatic nitrogens is 1. The van der Waals surface area contributed by atoms with E-state index >= 15 is 0 Å². The summed E-state index contributed by atoms with van der Waals surface area (Å²) in [7, 11) is 1.51. The first-order valence-corrected chi connectivity index (χ1v) is 8.55. The fourth-order valence-electron chi connectivity index (χ4n) is 2.42. The molecule has 1 aromatic heterocycles. The third kappa shape index (κ3) is 5.38. The van der Waals surface area contributed by atoms with E-state index in [9.17, 15) is 9.18 Å². The van der Waals surface area contributed by atoms with E-state index < -0.39 is 5.97 Å². The van der Waals surface area contributed by atoms with Crippen LogP contribution in [-0.4, -0.2) is 18.1 Å². The van der Waals surface area contributed by atoms with E-state index in [1.54, 1.807) is 42.7 Å². The van der Waals surface area contributed by atoms with Gasteiger partial charge in [-0.05, 0) is 59.2 Å². The average Bonchev–Trinajstić information content (AvgIpc) is 2.73. The van der Waals surface area contributed by atoms with E-state index in [0.29, 0.717) is 17.1 Å². The molecule has 0 atom stereocenters. The average molecular weight is 375 g/mol. The van der Waals surface area contributed by atoms with Gasteiger partial charge in [0.05, 0.1) is 7.11 Å². The van der Waals surface area contributed by atoms with Gasteiger partial charge >= 0.3 is 5.97 Å². The molecule has 140 valence electrons. The van der Waals surface area contributed by atoms with Crippen LogP contribution in [0.25, 0.3) is 18.2 Å². The fraction of sp³-hybridized carbons (Fsp3) is 0.0435. The number of hydrogen-bond acceptors (Lipinski definition) is 4. The van der Waals surface area contributed by atoms with Crippen molar-refractivity contribution in [2.75, 3.05) is 7.11 Å². The van der Waals surface area contributed by atoms with Crippen molar-refractivity contribution in [3.05, 3.63) is 95.6 Å². The number of halogens is 1. The number of carbonyl (C=O) groups excluding carboxylic acids is 1. The molecule has 0 saturated carbocycles. The van der Waals surface area contributed by atoms with E-state index in [4.69, 9.17) is 9.47 Å². The van der Waals surface area contributed by atoms with Gasteiger partial charge in [-0.15, -0.1) is 0 Å². The van der Waals surface area contributed by atoms with Crippen LogP contribution < -0.4 is 9.47 Å². The largest absolute Gasteiger partial charge is 0.493 e. The van der Waals surface area contributed by atoms with Crippen molar-refractivity contribution in [1.82, 2.24) is 4.98 Å². The van der Waals surface area contributed by atoms with Crippen LogP contribution in [0.15, 0.2) is 73.1 Å². The van der Waals surface area contributed by atoms with Gasteiger partial charge in [0, 0.05) is 18.5 Å². The number of rotatable bonds is 6. The van der Waals surface area contributed by atoms with Gasteiger partial charge in [-0.2, -0.15) is 0 Å². The van der Waals surface area contributed by atoms with E-state index in [1.807, 2.05) is 30.4 Å². The van der Waals surface area contributed by atoms with Crippen molar-refractivity contribution < 1.29 is 18.7 Å². The molecule has 3 aromatic rings. The number of pyridine rings is 1. The van der Waals surface area contributed by atoms with Gasteiger partial charge in [0.15, 0.2) is 11.5 Å². The Labute approximate surface area is 162 Å². The predicted octanol–water partition coefficient (Wildman–Crippen LogP) is 5.02. The van der Waals surface area contributed by atoms with Gasteiger partial charge < -0.3 is 9.47 Å². The Bertz CT molecular complexity index is 996. The van der Waals surface area contributed by atoms with Gasteiger partial charge in [-0.25, -0.2) is 9.18 Å². The third-order valence-electron chi connectivity index (χ3n) is 3.85. The van der Waals surface area contributed by atoms with Crippen molar-refractivity contribution >= 4 is 24.2 Å². The summed E-state index contributed by atoms with van der Waals surface area (Å²) in [5, 5.41) is 0. The second kappa shape index (κ2) is 9.28. The Kier molecular flexibility index (Phi) is 6.31. The normalized spacial score (nSPS) is 11.1. The lowest BCUT2D eigenvalue weighted by molar-refractivity contribution is -0.129. The molecule has 0 bridgehead atoms. The molecule has 4 nitrogen and oxygen atoms in total. The third-order valence-corrected chi connectivity index (χ3v) is 3.85. The molecular weight excluding hydrogens is 357 g/mol. The van der Waals surface area contributed by atoms with E-state index in [-0.39, 0.29) is 5.82 Å². The molecule has 0 fully saturated rings. The maximum atomic E-state index is 12.9. The van der Waals surface area contributed by atoms with Gasteiger partial charge in [0.1, 0.15) is 5.82 Å². The molecule has 0 radical (unpaired) electrons. The van der Waals surface area contributed by atoms with Gasteiger partial charge in [0.2, 0.25) is 0 Å². The monoisotopic (exact) mass is 375 g/mol. The van der Waals surface area contributed by atoms with Crippen molar-refractivity contribution in [3.8, 4) is 11.5 Å². The first-order valence-electron chi connectivity index (χ1n) is 8.55. The summed E-state index contributed by atoms with van der Waals surface area (Å²) in [6, 6.07) is 14.9. The van der Waals surface area contributed by atoms with E-state index in [2.05, 4.69) is 4.98 Å². The quantitative estimate of drug-likeness (QED) is 0.345. The van der Waals surface area contributed by atoms with Crippen LogP contribution in [0.1, 0.15) is 16.7 Å². The standard InChI is InChI=1S/C23H18FNO3/c1-27-22-16-19(3-2-18-12-14-25-15-13-18)6-10-21(22)28-23(26)11-7-17-4-8-20(24)9-5-17/h2-16H,1H3/b3-2+,11-7+. The highest BCUT2D eigenvalue weighted by Crippen LogP contribution is 2.29. The summed E-state index contributed by atoms with van der Waals surface area (Å²) in [4.78, 5) is 16.0. The molecule has 3 rings (SSSR count). The van der Waals surface area contributed by atoms with Crippen LogP contribution in [0.2, 0.25) is 0 Å². The number of nitrogens with zero attached hydrogens (tertiary/aromatic N) is 1. The number of hydrogen-bond donors (Lipinski definition) is 0. The summed E-state index contributed by atoms with van der Waals surface area (Å²) < 4.78 is 23.6. The van der Waals surface area contributed by atoms with Crippen molar-refractivity contribution in [3.63, 3.8) is 0 Å². The minimum Gasteiger partial charge on any atom is -0.493 e. The Morgan fingerprint density at radius 2 is 1.50 bits per heavy atom. The van der Waals surface area contributed by atoms with E-state index in [1.165, 1.54) is 25.3 Å². The van der Waals surface area contributed by atoms with Crippen molar-refractivity contribution in [1.29, 1.82) is 0 Å². The number of methoxy groups -OCH3 is 1. The zero-order chi connectivity index (χ0) is 19.8. The minimum absolute atomic E-state index is 0.317. The molecule has 0 amide bonds. The molecule has 0 saturated heterocycles. The number of esters is 1. The molecule has 0 aliphatic rings. The molecule has 0 unspecified atom stereocenters. The summed E-state index contributed by atoms with van der Waals surface area (Å²) in [6.45, 7) is 0. The fourth-order valence-corrected chi connectivity index (χ4v) is 2.42. The van der Waals surface area contributed by atoms with Crippen LogP contribution in [-0.2, 0) is 4.79 Å². The molecule has 1 heterocycles. The zero-order valence-corrected chi connectivity index (χ0v) is 15.2. The molecule has 0 aliphatic carbocycles. The second-order valence-electron chi connectivity index (χ2n) is 5.83. The highest BCUT2D eigenvalue weighted by atomic mass is 19.1. The molecule has 2 aromatic carbocycles. The summed E-state index contributed by atoms with van der Waals surface area (Å²) >= 11 is 0. The van der Waals surface area contributed by atoms with Crippen LogP contribution in [0.3, 0.4) is 0 Å². The highest BCUT2D eigenvalue weighted by Gasteiger charge is 2.08.